The van der Waals surface area contributed by atoms with E-state index in [1.54, 1.807) is 20.8 Å². The Morgan fingerprint density at radius 3 is 2.56 bits per heavy atom. The number of amides is 2. The number of carbonyl (C=O) groups excluding carboxylic acids is 2. The molecule has 0 bridgehead atoms. The van der Waals surface area contributed by atoms with Gasteiger partial charge in [-0.05, 0) is 32.8 Å². The summed E-state index contributed by atoms with van der Waals surface area (Å²) in [5.74, 6) is 0. The number of aliphatic hydroxyl groups is 1. The highest BCUT2D eigenvalue weighted by Gasteiger charge is 2.32. The summed E-state index contributed by atoms with van der Waals surface area (Å²) in [6, 6.07) is 8.96. The van der Waals surface area contributed by atoms with Crippen molar-refractivity contribution in [2.75, 3.05) is 13.1 Å². The molecule has 1 aromatic carbocycles. The molecule has 0 spiro atoms. The Bertz CT molecular complexity index is 585. The third-order valence-electron chi connectivity index (χ3n) is 3.61. The molecule has 0 aliphatic carbocycles. The molecule has 7 nitrogen and oxygen atoms in total. The van der Waals surface area contributed by atoms with E-state index in [4.69, 9.17) is 9.47 Å². The van der Waals surface area contributed by atoms with E-state index in [9.17, 15) is 14.7 Å². The molecule has 1 heterocycles. The molecular formula is C18H26N2O5. The van der Waals surface area contributed by atoms with Gasteiger partial charge in [-0.1, -0.05) is 30.3 Å². The summed E-state index contributed by atoms with van der Waals surface area (Å²) in [5, 5.41) is 12.7. The van der Waals surface area contributed by atoms with Crippen LogP contribution >= 0.6 is 0 Å². The van der Waals surface area contributed by atoms with Gasteiger partial charge in [-0.25, -0.2) is 9.59 Å². The zero-order chi connectivity index (χ0) is 18.4. The minimum atomic E-state index is -0.722. The number of likely N-dealkylation sites (tertiary alicyclic amines) is 1. The smallest absolute Gasteiger partial charge is 0.410 e. The number of aliphatic hydroxyl groups excluding tert-OH is 1. The van der Waals surface area contributed by atoms with Crippen molar-refractivity contribution in [3.8, 4) is 0 Å². The normalized spacial score (nSPS) is 20.7. The molecule has 2 rings (SSSR count). The van der Waals surface area contributed by atoms with Gasteiger partial charge in [-0.15, -0.1) is 0 Å². The first-order valence-electron chi connectivity index (χ1n) is 8.36. The number of nitrogens with zero attached hydrogens (tertiary/aromatic N) is 1. The molecule has 1 aromatic rings. The van der Waals surface area contributed by atoms with Gasteiger partial charge in [0.2, 0.25) is 0 Å². The van der Waals surface area contributed by atoms with Crippen molar-refractivity contribution in [2.24, 2.45) is 0 Å². The van der Waals surface area contributed by atoms with Crippen LogP contribution in [0.3, 0.4) is 0 Å². The third kappa shape index (κ3) is 6.62. The highest BCUT2D eigenvalue weighted by atomic mass is 16.6. The van der Waals surface area contributed by atoms with Gasteiger partial charge >= 0.3 is 12.2 Å². The molecule has 2 N–H and O–H groups in total. The first-order chi connectivity index (χ1) is 11.7. The number of rotatable bonds is 3. The number of hydrogen-bond donors (Lipinski definition) is 2. The Labute approximate surface area is 147 Å². The summed E-state index contributed by atoms with van der Waals surface area (Å²) in [7, 11) is 0. The zero-order valence-electron chi connectivity index (χ0n) is 14.9. The average Bonchev–Trinajstić information content (AvgIpc) is 2.52. The summed E-state index contributed by atoms with van der Waals surface area (Å²) in [6.07, 6.45) is -1.44. The van der Waals surface area contributed by atoms with Gasteiger partial charge in [0.05, 0.1) is 18.7 Å². The lowest BCUT2D eigenvalue weighted by molar-refractivity contribution is -0.00260. The molecule has 0 unspecified atom stereocenters. The maximum Gasteiger partial charge on any atom is 0.410 e. The van der Waals surface area contributed by atoms with E-state index in [0.717, 1.165) is 5.56 Å². The van der Waals surface area contributed by atoms with Crippen LogP contribution in [0.1, 0.15) is 32.8 Å². The SMILES string of the molecule is CC(C)(C)OC(=O)N1C[C@H](O)C[C@H](NC(=O)OCc2ccccc2)C1. The molecule has 0 aromatic heterocycles. The van der Waals surface area contributed by atoms with Gasteiger partial charge in [-0.2, -0.15) is 0 Å². The van der Waals surface area contributed by atoms with Crippen molar-refractivity contribution in [3.05, 3.63) is 35.9 Å². The van der Waals surface area contributed by atoms with Gasteiger partial charge < -0.3 is 24.8 Å². The second-order valence-electron chi connectivity index (χ2n) is 7.18. The second-order valence-corrected chi connectivity index (χ2v) is 7.18. The Kier molecular flexibility index (Phi) is 6.25. The Morgan fingerprint density at radius 1 is 1.24 bits per heavy atom. The summed E-state index contributed by atoms with van der Waals surface area (Å²) in [4.78, 5) is 25.5. The zero-order valence-corrected chi connectivity index (χ0v) is 14.9. The fourth-order valence-electron chi connectivity index (χ4n) is 2.58. The minimum Gasteiger partial charge on any atom is -0.445 e. The van der Waals surface area contributed by atoms with Crippen molar-refractivity contribution < 1.29 is 24.2 Å². The predicted octanol–water partition coefficient (Wildman–Crippen LogP) is 2.28. The van der Waals surface area contributed by atoms with Crippen LogP contribution in [-0.2, 0) is 16.1 Å². The fraction of sp³-hybridized carbons (Fsp3) is 0.556. The van der Waals surface area contributed by atoms with Crippen LogP contribution < -0.4 is 5.32 Å². The number of ether oxygens (including phenoxy) is 2. The largest absolute Gasteiger partial charge is 0.445 e. The molecule has 1 saturated heterocycles. The molecule has 1 aliphatic heterocycles. The lowest BCUT2D eigenvalue weighted by Gasteiger charge is -2.36. The minimum absolute atomic E-state index is 0.164. The van der Waals surface area contributed by atoms with E-state index in [2.05, 4.69) is 5.32 Å². The Balaban J connectivity index is 1.84. The molecule has 25 heavy (non-hydrogen) atoms. The molecule has 1 fully saturated rings. The summed E-state index contributed by atoms with van der Waals surface area (Å²) >= 11 is 0. The van der Waals surface area contributed by atoms with Crippen LogP contribution in [0.25, 0.3) is 0 Å². The van der Waals surface area contributed by atoms with Crippen LogP contribution in [-0.4, -0.2) is 53.0 Å². The standard InChI is InChI=1S/C18H26N2O5/c1-18(2,3)25-17(23)20-10-14(9-15(21)11-20)19-16(22)24-12-13-7-5-4-6-8-13/h4-8,14-15,21H,9-12H2,1-3H3,(H,19,22)/t14-,15+/m0/s1. The quantitative estimate of drug-likeness (QED) is 0.873. The maximum absolute atomic E-state index is 12.1. The maximum atomic E-state index is 12.1. The predicted molar refractivity (Wildman–Crippen MR) is 92.0 cm³/mol. The number of nitrogens with one attached hydrogen (secondary N) is 1. The molecule has 7 heteroatoms. The molecule has 1 aliphatic rings. The fourth-order valence-corrected chi connectivity index (χ4v) is 2.58. The van der Waals surface area contributed by atoms with Gasteiger partial charge in [-0.3, -0.25) is 0 Å². The molecule has 0 radical (unpaired) electrons. The van der Waals surface area contributed by atoms with E-state index in [1.807, 2.05) is 30.3 Å². The number of hydrogen-bond acceptors (Lipinski definition) is 5. The Morgan fingerprint density at radius 2 is 1.92 bits per heavy atom. The highest BCUT2D eigenvalue weighted by molar-refractivity contribution is 5.70. The number of piperidine rings is 1. The van der Waals surface area contributed by atoms with Crippen molar-refractivity contribution in [1.82, 2.24) is 10.2 Å². The van der Waals surface area contributed by atoms with E-state index in [1.165, 1.54) is 4.90 Å². The first kappa shape index (κ1) is 19.1. The summed E-state index contributed by atoms with van der Waals surface area (Å²) < 4.78 is 10.5. The van der Waals surface area contributed by atoms with Crippen LogP contribution in [0.4, 0.5) is 9.59 Å². The van der Waals surface area contributed by atoms with Crippen molar-refractivity contribution in [3.63, 3.8) is 0 Å². The summed E-state index contributed by atoms with van der Waals surface area (Å²) in [6.45, 7) is 5.96. The van der Waals surface area contributed by atoms with Crippen LogP contribution in [0.15, 0.2) is 30.3 Å². The van der Waals surface area contributed by atoms with E-state index >= 15 is 0 Å². The summed E-state index contributed by atoms with van der Waals surface area (Å²) in [5.41, 5.74) is 0.272. The highest BCUT2D eigenvalue weighted by Crippen LogP contribution is 2.16. The van der Waals surface area contributed by atoms with Crippen LogP contribution in [0.2, 0.25) is 0 Å². The first-order valence-corrected chi connectivity index (χ1v) is 8.36. The molecule has 0 saturated carbocycles. The van der Waals surface area contributed by atoms with Gasteiger partial charge in [0.25, 0.3) is 0 Å². The molecule has 138 valence electrons. The van der Waals surface area contributed by atoms with Crippen molar-refractivity contribution in [1.29, 1.82) is 0 Å². The Hall–Kier alpha value is -2.28. The van der Waals surface area contributed by atoms with E-state index in [-0.39, 0.29) is 25.7 Å². The topological polar surface area (TPSA) is 88.1 Å². The number of benzene rings is 1. The lowest BCUT2D eigenvalue weighted by Crippen LogP contribution is -2.55. The molecule has 2 atom stereocenters. The number of alkyl carbamates (subject to hydrolysis) is 1. The average molecular weight is 350 g/mol. The number of carbonyl (C=O) groups is 2. The van der Waals surface area contributed by atoms with Crippen molar-refractivity contribution in [2.45, 2.75) is 51.5 Å². The van der Waals surface area contributed by atoms with E-state index < -0.39 is 23.9 Å². The van der Waals surface area contributed by atoms with Gasteiger partial charge in [0.1, 0.15) is 12.2 Å². The van der Waals surface area contributed by atoms with E-state index in [0.29, 0.717) is 6.42 Å². The molecule has 2 amide bonds. The molecular weight excluding hydrogens is 324 g/mol. The second kappa shape index (κ2) is 8.20. The van der Waals surface area contributed by atoms with Crippen LogP contribution in [0, 0.1) is 0 Å². The van der Waals surface area contributed by atoms with Gasteiger partial charge in [0.15, 0.2) is 0 Å². The monoisotopic (exact) mass is 350 g/mol. The van der Waals surface area contributed by atoms with Gasteiger partial charge in [0, 0.05) is 6.54 Å². The van der Waals surface area contributed by atoms with Crippen LogP contribution in [0.5, 0.6) is 0 Å². The van der Waals surface area contributed by atoms with Crippen molar-refractivity contribution >= 4 is 12.2 Å². The lowest BCUT2D eigenvalue weighted by atomic mass is 10.0. The third-order valence-corrected chi connectivity index (χ3v) is 3.61. The number of β-amino-alcohol motifs (C(OH)–C–C–N with tert-alkyl or cyclic N) is 1.